The molecular weight excluding hydrogens is 354 g/mol. The fraction of sp³-hybridized carbons (Fsp3) is 0.600. The highest BCUT2D eigenvalue weighted by Gasteiger charge is 2.37. The first-order valence-electron chi connectivity index (χ1n) is 6.99. The Morgan fingerprint density at radius 1 is 1.43 bits per heavy atom. The molecule has 1 aliphatic heterocycles. The quantitative estimate of drug-likeness (QED) is 0.741. The number of rotatable bonds is 2. The van der Waals surface area contributed by atoms with Crippen LogP contribution in [0.4, 0.5) is 0 Å². The number of amides is 1. The van der Waals surface area contributed by atoms with Crippen molar-refractivity contribution in [2.75, 3.05) is 6.54 Å². The molecule has 1 saturated heterocycles. The van der Waals surface area contributed by atoms with Crippen molar-refractivity contribution in [3.05, 3.63) is 20.3 Å². The maximum Gasteiger partial charge on any atom is 0.329 e. The summed E-state index contributed by atoms with van der Waals surface area (Å²) in [6.45, 7) is 8.08. The van der Waals surface area contributed by atoms with E-state index in [0.29, 0.717) is 17.8 Å². The molecule has 21 heavy (non-hydrogen) atoms. The van der Waals surface area contributed by atoms with E-state index in [-0.39, 0.29) is 11.9 Å². The zero-order valence-corrected chi connectivity index (χ0v) is 15.1. The van der Waals surface area contributed by atoms with Crippen LogP contribution in [-0.2, 0) is 9.53 Å². The second kappa shape index (κ2) is 6.08. The number of halogens is 1. The smallest absolute Gasteiger partial charge is 0.329 e. The molecule has 0 unspecified atom stereocenters. The van der Waals surface area contributed by atoms with E-state index in [1.165, 1.54) is 11.3 Å². The van der Waals surface area contributed by atoms with E-state index >= 15 is 0 Å². The molecule has 1 atom stereocenters. The molecule has 1 aliphatic rings. The summed E-state index contributed by atoms with van der Waals surface area (Å²) in [5.41, 5.74) is 0.507. The zero-order valence-electron chi connectivity index (χ0n) is 12.7. The lowest BCUT2D eigenvalue weighted by molar-refractivity contribution is -0.159. The average Bonchev–Trinajstić information content (AvgIpc) is 2.94. The van der Waals surface area contributed by atoms with Gasteiger partial charge in [-0.05, 0) is 68.1 Å². The lowest BCUT2D eigenvalue weighted by atomic mass is 10.1. The summed E-state index contributed by atoms with van der Waals surface area (Å²) in [4.78, 5) is 27.2. The van der Waals surface area contributed by atoms with Crippen molar-refractivity contribution in [3.63, 3.8) is 0 Å². The number of hydrogen-bond acceptors (Lipinski definition) is 4. The Morgan fingerprint density at radius 3 is 2.62 bits per heavy atom. The molecule has 1 fully saturated rings. The molecule has 0 N–H and O–H groups in total. The van der Waals surface area contributed by atoms with Crippen LogP contribution < -0.4 is 0 Å². The minimum atomic E-state index is -0.531. The van der Waals surface area contributed by atoms with Gasteiger partial charge in [0.25, 0.3) is 5.91 Å². The summed E-state index contributed by atoms with van der Waals surface area (Å²) < 4.78 is 6.39. The van der Waals surface area contributed by atoms with E-state index in [0.717, 1.165) is 15.8 Å². The molecule has 2 rings (SSSR count). The van der Waals surface area contributed by atoms with Crippen LogP contribution in [0, 0.1) is 6.92 Å². The minimum Gasteiger partial charge on any atom is -0.458 e. The molecule has 1 aromatic heterocycles. The first-order chi connectivity index (χ1) is 9.69. The van der Waals surface area contributed by atoms with Crippen molar-refractivity contribution in [2.24, 2.45) is 0 Å². The van der Waals surface area contributed by atoms with Crippen LogP contribution in [0.1, 0.15) is 48.8 Å². The van der Waals surface area contributed by atoms with Gasteiger partial charge in [0.2, 0.25) is 0 Å². The van der Waals surface area contributed by atoms with Gasteiger partial charge in [-0.15, -0.1) is 11.3 Å². The van der Waals surface area contributed by atoms with Crippen LogP contribution in [0.15, 0.2) is 9.85 Å². The predicted molar refractivity (Wildman–Crippen MR) is 86.7 cm³/mol. The van der Waals surface area contributed by atoms with E-state index in [1.54, 1.807) is 4.90 Å². The van der Waals surface area contributed by atoms with Crippen LogP contribution >= 0.6 is 27.3 Å². The van der Waals surface area contributed by atoms with Crippen LogP contribution in [0.25, 0.3) is 0 Å². The number of aryl methyl sites for hydroxylation is 1. The number of ether oxygens (including phenoxy) is 1. The second-order valence-electron chi connectivity index (χ2n) is 6.26. The predicted octanol–water partition coefficient (Wildman–Crippen LogP) is 3.77. The highest BCUT2D eigenvalue weighted by molar-refractivity contribution is 9.11. The average molecular weight is 374 g/mol. The molecule has 6 heteroatoms. The van der Waals surface area contributed by atoms with Crippen molar-refractivity contribution in [1.82, 2.24) is 4.90 Å². The van der Waals surface area contributed by atoms with Gasteiger partial charge in [-0.2, -0.15) is 0 Å². The number of hydrogen-bond donors (Lipinski definition) is 0. The lowest BCUT2D eigenvalue weighted by Gasteiger charge is -2.27. The Morgan fingerprint density at radius 2 is 2.10 bits per heavy atom. The molecule has 0 radical (unpaired) electrons. The Hall–Kier alpha value is -0.880. The highest BCUT2D eigenvalue weighted by atomic mass is 79.9. The van der Waals surface area contributed by atoms with Crippen LogP contribution in [0.3, 0.4) is 0 Å². The van der Waals surface area contributed by atoms with Crippen molar-refractivity contribution in [2.45, 2.75) is 52.2 Å². The number of esters is 1. The molecule has 4 nitrogen and oxygen atoms in total. The Bertz CT molecular complexity index is 542. The molecule has 0 bridgehead atoms. The Kier molecular flexibility index (Phi) is 4.78. The van der Waals surface area contributed by atoms with Crippen LogP contribution in [-0.4, -0.2) is 35.0 Å². The van der Waals surface area contributed by atoms with Gasteiger partial charge in [0, 0.05) is 6.54 Å². The maximum atomic E-state index is 12.6. The summed E-state index contributed by atoms with van der Waals surface area (Å²) in [6.07, 6.45) is 1.51. The third-order valence-corrected chi connectivity index (χ3v) is 5.39. The van der Waals surface area contributed by atoms with Crippen molar-refractivity contribution < 1.29 is 14.3 Å². The number of nitrogens with zero attached hydrogens (tertiary/aromatic N) is 1. The lowest BCUT2D eigenvalue weighted by Crippen LogP contribution is -2.43. The third-order valence-electron chi connectivity index (χ3n) is 3.26. The molecule has 116 valence electrons. The Balaban J connectivity index is 2.14. The molecule has 0 aromatic carbocycles. The third kappa shape index (κ3) is 3.86. The summed E-state index contributed by atoms with van der Waals surface area (Å²) >= 11 is 4.84. The molecule has 0 saturated carbocycles. The normalized spacial score (nSPS) is 18.9. The standard InChI is InChI=1S/C15H20BrNO3S/c1-9-8-11(21-12(9)16)13(18)17-7-5-6-10(17)14(19)20-15(2,3)4/h8,10H,5-7H2,1-4H3/t10-/m0/s1. The van der Waals surface area contributed by atoms with Crippen molar-refractivity contribution in [3.8, 4) is 0 Å². The molecule has 0 aliphatic carbocycles. The second-order valence-corrected chi connectivity index (χ2v) is 8.63. The van der Waals surface area contributed by atoms with Gasteiger partial charge in [-0.25, -0.2) is 4.79 Å². The largest absolute Gasteiger partial charge is 0.458 e. The SMILES string of the molecule is Cc1cc(C(=O)N2CCC[C@H]2C(=O)OC(C)(C)C)sc1Br. The minimum absolute atomic E-state index is 0.0813. The van der Waals surface area contributed by atoms with Gasteiger partial charge in [0.1, 0.15) is 11.6 Å². The summed E-state index contributed by atoms with van der Waals surface area (Å²) in [5.74, 6) is -0.386. The monoisotopic (exact) mass is 373 g/mol. The molecule has 0 spiro atoms. The summed E-state index contributed by atoms with van der Waals surface area (Å²) in [7, 11) is 0. The number of thiophene rings is 1. The van der Waals surface area contributed by atoms with Gasteiger partial charge < -0.3 is 9.64 Å². The van der Waals surface area contributed by atoms with Gasteiger partial charge in [-0.3, -0.25) is 4.79 Å². The fourth-order valence-electron chi connectivity index (χ4n) is 2.33. The van der Waals surface area contributed by atoms with E-state index in [9.17, 15) is 9.59 Å². The van der Waals surface area contributed by atoms with E-state index in [4.69, 9.17) is 4.74 Å². The van der Waals surface area contributed by atoms with E-state index in [1.807, 2.05) is 33.8 Å². The molecule has 1 amide bonds. The number of carbonyl (C=O) groups excluding carboxylic acids is 2. The van der Waals surface area contributed by atoms with Crippen molar-refractivity contribution in [1.29, 1.82) is 0 Å². The number of likely N-dealkylation sites (tertiary alicyclic amines) is 1. The number of carbonyl (C=O) groups is 2. The first kappa shape index (κ1) is 16.5. The van der Waals surface area contributed by atoms with Crippen molar-refractivity contribution >= 4 is 39.1 Å². The molecule has 1 aromatic rings. The van der Waals surface area contributed by atoms with Gasteiger partial charge in [0.15, 0.2) is 0 Å². The van der Waals surface area contributed by atoms with Crippen LogP contribution in [0.2, 0.25) is 0 Å². The Labute approximate surface area is 137 Å². The maximum absolute atomic E-state index is 12.6. The molecular formula is C15H20BrNO3S. The van der Waals surface area contributed by atoms with Gasteiger partial charge >= 0.3 is 5.97 Å². The zero-order chi connectivity index (χ0) is 15.8. The fourth-order valence-corrected chi connectivity index (χ4v) is 3.82. The summed E-state index contributed by atoms with van der Waals surface area (Å²) in [6, 6.07) is 1.40. The first-order valence-corrected chi connectivity index (χ1v) is 8.60. The van der Waals surface area contributed by atoms with Gasteiger partial charge in [-0.1, -0.05) is 0 Å². The van der Waals surface area contributed by atoms with Gasteiger partial charge in [0.05, 0.1) is 8.66 Å². The van der Waals surface area contributed by atoms with Crippen LogP contribution in [0.5, 0.6) is 0 Å². The van der Waals surface area contributed by atoms with E-state index < -0.39 is 11.6 Å². The molecule has 2 heterocycles. The van der Waals surface area contributed by atoms with E-state index in [2.05, 4.69) is 15.9 Å². The summed E-state index contributed by atoms with van der Waals surface area (Å²) in [5, 5.41) is 0. The highest BCUT2D eigenvalue weighted by Crippen LogP contribution is 2.30. The topological polar surface area (TPSA) is 46.6 Å².